The van der Waals surface area contributed by atoms with Crippen molar-refractivity contribution < 1.29 is 47.6 Å². The van der Waals surface area contributed by atoms with Gasteiger partial charge in [-0.2, -0.15) is 0 Å². The van der Waals surface area contributed by atoms with Crippen molar-refractivity contribution in [2.75, 3.05) is 19.8 Å². The smallest absolute Gasteiger partial charge is 0.303 e. The lowest BCUT2D eigenvalue weighted by molar-refractivity contribution is -0.307. The van der Waals surface area contributed by atoms with Gasteiger partial charge in [-0.25, -0.2) is 0 Å². The first-order chi connectivity index (χ1) is 13.6. The standard InChI is InChI=1S/C16H24N3O10/c1-8(20)25-7-12-13(26-9(2)21)14(27-10(3)22)15(28-11(4)23)16(29-12)24-6-5-18-19-17/h12-16H,5-7H2,1-4H3,(H-,17,18)/q-1/t12-,13-,14+,15+,16-/m1/s1. The summed E-state index contributed by atoms with van der Waals surface area (Å²) in [6.07, 6.45) is -6.18. The van der Waals surface area contributed by atoms with Gasteiger partial charge >= 0.3 is 23.9 Å². The van der Waals surface area contributed by atoms with Crippen LogP contribution in [-0.2, 0) is 47.6 Å². The van der Waals surface area contributed by atoms with Gasteiger partial charge in [-0.05, 0) is 6.54 Å². The maximum atomic E-state index is 11.6. The average Bonchev–Trinajstić information content (AvgIpc) is 2.60. The van der Waals surface area contributed by atoms with E-state index in [9.17, 15) is 19.2 Å². The Labute approximate surface area is 166 Å². The summed E-state index contributed by atoms with van der Waals surface area (Å²) in [6.45, 7) is 4.21. The molecule has 0 aromatic heterocycles. The summed E-state index contributed by atoms with van der Waals surface area (Å²) in [7, 11) is 0. The fraction of sp³-hybridized carbons (Fsp3) is 0.750. The summed E-state index contributed by atoms with van der Waals surface area (Å²) in [4.78, 5) is 46.0. The Morgan fingerprint density at radius 2 is 1.45 bits per heavy atom. The third kappa shape index (κ3) is 8.39. The molecule has 13 heteroatoms. The number of hydrogen-bond donors (Lipinski definition) is 1. The van der Waals surface area contributed by atoms with Crippen molar-refractivity contribution >= 4 is 23.9 Å². The molecule has 1 aliphatic rings. The van der Waals surface area contributed by atoms with Crippen molar-refractivity contribution in [3.05, 3.63) is 5.53 Å². The topological polar surface area (TPSA) is 170 Å². The molecule has 0 bridgehead atoms. The number of nitrogens with one attached hydrogen (secondary N) is 1. The molecule has 1 saturated heterocycles. The number of hydrogen-bond acceptors (Lipinski definition) is 11. The molecular weight excluding hydrogens is 394 g/mol. The van der Waals surface area contributed by atoms with Gasteiger partial charge in [0.1, 0.15) is 12.7 Å². The predicted octanol–water partition coefficient (Wildman–Crippen LogP) is -0.388. The van der Waals surface area contributed by atoms with Crippen LogP contribution in [0.15, 0.2) is 5.22 Å². The monoisotopic (exact) mass is 418 g/mol. The molecular formula is C16H24N3O10-. The second-order valence-corrected chi connectivity index (χ2v) is 5.95. The minimum Gasteiger partial charge on any atom is -0.463 e. The second kappa shape index (κ2) is 11.9. The summed E-state index contributed by atoms with van der Waals surface area (Å²) in [5.41, 5.74) is 10.6. The van der Waals surface area contributed by atoms with Crippen LogP contribution in [0, 0.1) is 0 Å². The Kier molecular flexibility index (Phi) is 9.96. The predicted molar refractivity (Wildman–Crippen MR) is 91.7 cm³/mol. The maximum Gasteiger partial charge on any atom is 0.303 e. The summed E-state index contributed by atoms with van der Waals surface area (Å²) in [5.74, 6) is -2.81. The van der Waals surface area contributed by atoms with E-state index in [4.69, 9.17) is 34.0 Å². The van der Waals surface area contributed by atoms with Crippen molar-refractivity contribution in [2.24, 2.45) is 5.22 Å². The van der Waals surface area contributed by atoms with Crippen molar-refractivity contribution in [2.45, 2.75) is 58.4 Å². The van der Waals surface area contributed by atoms with E-state index >= 15 is 0 Å². The van der Waals surface area contributed by atoms with Gasteiger partial charge in [0.05, 0.1) is 6.61 Å². The van der Waals surface area contributed by atoms with Crippen LogP contribution < -0.4 is 5.43 Å². The lowest BCUT2D eigenvalue weighted by Gasteiger charge is -2.44. The molecule has 1 rings (SSSR count). The fourth-order valence-corrected chi connectivity index (χ4v) is 2.59. The Morgan fingerprint density at radius 3 is 1.97 bits per heavy atom. The van der Waals surface area contributed by atoms with E-state index in [1.807, 2.05) is 0 Å². The van der Waals surface area contributed by atoms with Crippen LogP contribution in [0.4, 0.5) is 0 Å². The van der Waals surface area contributed by atoms with Crippen LogP contribution in [0.1, 0.15) is 27.7 Å². The highest BCUT2D eigenvalue weighted by atomic mass is 16.7. The van der Waals surface area contributed by atoms with Gasteiger partial charge in [0, 0.05) is 27.7 Å². The van der Waals surface area contributed by atoms with Gasteiger partial charge in [-0.3, -0.25) is 24.4 Å². The summed E-state index contributed by atoms with van der Waals surface area (Å²) in [6, 6.07) is 0. The van der Waals surface area contributed by atoms with Crippen LogP contribution in [-0.4, -0.2) is 74.3 Å². The molecule has 0 aromatic rings. The van der Waals surface area contributed by atoms with Gasteiger partial charge < -0.3 is 39.4 Å². The highest BCUT2D eigenvalue weighted by Gasteiger charge is 2.52. The number of rotatable bonds is 10. The minimum atomic E-state index is -1.30. The summed E-state index contributed by atoms with van der Waals surface area (Å²) in [5, 5.41) is 2.71. The molecule has 1 aliphatic heterocycles. The Morgan fingerprint density at radius 1 is 0.897 bits per heavy atom. The van der Waals surface area contributed by atoms with E-state index < -0.39 is 54.6 Å². The van der Waals surface area contributed by atoms with E-state index in [2.05, 4.69) is 10.6 Å². The Hall–Kier alpha value is -2.80. The highest BCUT2D eigenvalue weighted by Crippen LogP contribution is 2.29. The quantitative estimate of drug-likeness (QED) is 0.161. The van der Waals surface area contributed by atoms with Gasteiger partial charge in [0.2, 0.25) is 0 Å². The molecule has 0 unspecified atom stereocenters. The zero-order valence-electron chi connectivity index (χ0n) is 16.5. The normalized spacial score (nSPS) is 26.0. The van der Waals surface area contributed by atoms with Crippen LogP contribution in [0.5, 0.6) is 0 Å². The maximum absolute atomic E-state index is 11.6. The Balaban J connectivity index is 3.19. The number of nitrogens with zero attached hydrogens (tertiary/aromatic N) is 2. The van der Waals surface area contributed by atoms with Crippen LogP contribution in [0.2, 0.25) is 0 Å². The zero-order valence-corrected chi connectivity index (χ0v) is 16.5. The van der Waals surface area contributed by atoms with E-state index in [0.29, 0.717) is 0 Å². The van der Waals surface area contributed by atoms with Crippen LogP contribution in [0.3, 0.4) is 0 Å². The van der Waals surface area contributed by atoms with Gasteiger partial charge in [0.15, 0.2) is 24.6 Å². The summed E-state index contributed by atoms with van der Waals surface area (Å²) >= 11 is 0. The molecule has 29 heavy (non-hydrogen) atoms. The SMILES string of the molecule is CC(=O)OC[C@H]1O[C@@H](OCCNN=[N-])[C@@H](OC(C)=O)[C@@H](OC(C)=O)[C@@H]1OC(C)=O. The molecule has 0 aliphatic carbocycles. The largest absolute Gasteiger partial charge is 0.463 e. The average molecular weight is 418 g/mol. The molecule has 0 amide bonds. The molecule has 0 radical (unpaired) electrons. The van der Waals surface area contributed by atoms with E-state index in [0.717, 1.165) is 20.8 Å². The first-order valence-corrected chi connectivity index (χ1v) is 8.64. The van der Waals surface area contributed by atoms with Crippen molar-refractivity contribution in [1.82, 2.24) is 5.43 Å². The molecule has 1 N–H and O–H groups in total. The first-order valence-electron chi connectivity index (χ1n) is 8.64. The highest BCUT2D eigenvalue weighted by molar-refractivity contribution is 5.68. The van der Waals surface area contributed by atoms with E-state index in [1.54, 1.807) is 0 Å². The van der Waals surface area contributed by atoms with Gasteiger partial charge in [0.25, 0.3) is 0 Å². The third-order valence-electron chi connectivity index (χ3n) is 3.51. The Bertz CT molecular complexity index is 614. The van der Waals surface area contributed by atoms with Crippen LogP contribution in [0.25, 0.3) is 5.53 Å². The van der Waals surface area contributed by atoms with Gasteiger partial charge in [-0.1, -0.05) is 0 Å². The third-order valence-corrected chi connectivity index (χ3v) is 3.51. The number of ether oxygens (including phenoxy) is 6. The first kappa shape index (κ1) is 24.2. The van der Waals surface area contributed by atoms with Crippen molar-refractivity contribution in [3.63, 3.8) is 0 Å². The molecule has 164 valence electrons. The molecule has 1 fully saturated rings. The molecule has 0 aromatic carbocycles. The number of esters is 4. The molecule has 0 spiro atoms. The van der Waals surface area contributed by atoms with E-state index in [1.165, 1.54) is 6.92 Å². The molecule has 0 saturated carbocycles. The lowest BCUT2D eigenvalue weighted by Crippen LogP contribution is -2.63. The van der Waals surface area contributed by atoms with Crippen LogP contribution >= 0.6 is 0 Å². The molecule has 13 nitrogen and oxygen atoms in total. The second-order valence-electron chi connectivity index (χ2n) is 5.95. The van der Waals surface area contributed by atoms with E-state index in [-0.39, 0.29) is 19.8 Å². The minimum absolute atomic E-state index is 0.0577. The molecule has 1 heterocycles. The van der Waals surface area contributed by atoms with Crippen molar-refractivity contribution in [3.8, 4) is 0 Å². The van der Waals surface area contributed by atoms with Crippen molar-refractivity contribution in [1.29, 1.82) is 0 Å². The summed E-state index contributed by atoms with van der Waals surface area (Å²) < 4.78 is 31.8. The number of carbonyl (C=O) groups excluding carboxylic acids is 4. The molecule has 5 atom stereocenters. The zero-order chi connectivity index (χ0) is 22.0. The number of carbonyl (C=O) groups is 4. The van der Waals surface area contributed by atoms with Gasteiger partial charge in [-0.15, -0.1) is 0 Å². The fourth-order valence-electron chi connectivity index (χ4n) is 2.59. The lowest BCUT2D eigenvalue weighted by atomic mass is 9.98.